The number of nitrogens with one attached hydrogen (secondary N) is 1. The smallest absolute Gasteiger partial charge is 0.455 e. The lowest BCUT2D eigenvalue weighted by Gasteiger charge is -2.62. The number of rotatable bonds is 9. The molecule has 4 bridgehead atoms. The third kappa shape index (κ3) is 5.04. The molecule has 2 aromatic rings. The number of aryl methyl sites for hydroxylation is 1. The molecule has 6 rings (SSSR count). The maximum absolute atomic E-state index is 14.9. The maximum atomic E-state index is 14.9. The molecule has 0 radical (unpaired) electrons. The molecule has 2 aromatic carbocycles. The van der Waals surface area contributed by atoms with Gasteiger partial charge in [0.2, 0.25) is 0 Å². The van der Waals surface area contributed by atoms with Crippen LogP contribution in [0.3, 0.4) is 0 Å². The van der Waals surface area contributed by atoms with E-state index in [1.54, 1.807) is 0 Å². The maximum Gasteiger partial charge on any atom is 0.455 e. The van der Waals surface area contributed by atoms with Gasteiger partial charge in [0, 0.05) is 5.41 Å². The Labute approximate surface area is 227 Å². The Bertz CT molecular complexity index is 1490. The fourth-order valence-electron chi connectivity index (χ4n) is 7.31. The van der Waals surface area contributed by atoms with Crippen molar-refractivity contribution in [2.24, 2.45) is 17.3 Å². The Morgan fingerprint density at radius 2 is 1.62 bits per heavy atom. The lowest BCUT2D eigenvalue weighted by Crippen LogP contribution is -2.56. The second-order valence-corrected chi connectivity index (χ2v) is 15.2. The number of hydrogen-bond acceptors (Lipinski definition) is 6. The average molecular weight is 580 g/mol. The number of esters is 1. The number of benzene rings is 2. The van der Waals surface area contributed by atoms with Gasteiger partial charge in [0.1, 0.15) is 0 Å². The second-order valence-electron chi connectivity index (χ2n) is 11.6. The number of alkyl halides is 2. The van der Waals surface area contributed by atoms with E-state index in [1.807, 2.05) is 6.92 Å². The van der Waals surface area contributed by atoms with Gasteiger partial charge in [-0.1, -0.05) is 58.7 Å². The summed E-state index contributed by atoms with van der Waals surface area (Å²) >= 11 is 0. The van der Waals surface area contributed by atoms with E-state index in [2.05, 4.69) is 30.8 Å². The minimum atomic E-state index is -5.98. The first kappa shape index (κ1) is 27.9. The normalized spacial score (nSPS) is 28.3. The van der Waals surface area contributed by atoms with Crippen LogP contribution < -0.4 is 4.13 Å². The van der Waals surface area contributed by atoms with Crippen LogP contribution in [0.1, 0.15) is 55.2 Å². The van der Waals surface area contributed by atoms with Crippen LogP contribution in [0.4, 0.5) is 8.78 Å². The zero-order valence-electron chi connectivity index (χ0n) is 21.5. The summed E-state index contributed by atoms with van der Waals surface area (Å²) in [5.74, 6) is -1.54. The van der Waals surface area contributed by atoms with E-state index in [-0.39, 0.29) is 12.0 Å². The van der Waals surface area contributed by atoms with Gasteiger partial charge in [0.15, 0.2) is 0 Å². The summed E-state index contributed by atoms with van der Waals surface area (Å²) in [5.41, 5.74) is 2.22. The topological polar surface area (TPSA) is 107 Å². The van der Waals surface area contributed by atoms with E-state index in [0.717, 1.165) is 53.9 Å². The van der Waals surface area contributed by atoms with Crippen molar-refractivity contribution in [3.05, 3.63) is 71.8 Å². The first-order valence-corrected chi connectivity index (χ1v) is 15.8. The van der Waals surface area contributed by atoms with E-state index < -0.39 is 41.6 Å². The monoisotopic (exact) mass is 579 g/mol. The Morgan fingerprint density at radius 1 is 1.03 bits per heavy atom. The number of carbonyl (C=O) groups excluding carboxylic acids is 1. The largest absolute Gasteiger partial charge is 0.460 e. The summed E-state index contributed by atoms with van der Waals surface area (Å²) in [6, 6.07) is 13.1. The van der Waals surface area contributed by atoms with Crippen molar-refractivity contribution in [2.75, 3.05) is 6.61 Å². The van der Waals surface area contributed by atoms with Crippen LogP contribution in [0.2, 0.25) is 0 Å². The van der Waals surface area contributed by atoms with Crippen molar-refractivity contribution >= 4 is 32.1 Å². The molecule has 0 heterocycles. The number of hydrogen-bond donors (Lipinski definition) is 1. The SMILES string of the molecule is C=Cc1ccc(S(=O)(=O)NS(=O)(=O)C(F)(F)C(=O)OCC23CC4CC(C2)CC(c2ccc(C)cc2)(C4)C3)cc1. The predicted molar refractivity (Wildman–Crippen MR) is 142 cm³/mol. The number of sulfonamides is 2. The molecular formula is C28H31F2NO6S2. The van der Waals surface area contributed by atoms with Gasteiger partial charge in [-0.25, -0.2) is 21.6 Å². The molecule has 0 aliphatic heterocycles. The van der Waals surface area contributed by atoms with E-state index >= 15 is 0 Å². The van der Waals surface area contributed by atoms with Crippen LogP contribution in [-0.2, 0) is 35.0 Å². The fraction of sp³-hybridized carbons (Fsp3) is 0.464. The zero-order chi connectivity index (χ0) is 28.3. The van der Waals surface area contributed by atoms with Gasteiger partial charge in [-0.3, -0.25) is 0 Å². The number of carbonyl (C=O) groups is 1. The first-order chi connectivity index (χ1) is 18.2. The minimum absolute atomic E-state index is 0.129. The highest BCUT2D eigenvalue weighted by atomic mass is 32.3. The van der Waals surface area contributed by atoms with E-state index in [9.17, 15) is 30.4 Å². The summed E-state index contributed by atoms with van der Waals surface area (Å²) in [7, 11) is -10.9. The summed E-state index contributed by atoms with van der Waals surface area (Å²) in [4.78, 5) is 11.9. The third-order valence-corrected chi connectivity index (χ3v) is 12.1. The molecule has 0 spiro atoms. The highest BCUT2D eigenvalue weighted by molar-refractivity contribution is 8.05. The molecule has 4 aliphatic rings. The van der Waals surface area contributed by atoms with Gasteiger partial charge in [-0.05, 0) is 86.0 Å². The third-order valence-electron chi connectivity index (χ3n) is 8.58. The first-order valence-electron chi connectivity index (χ1n) is 12.8. The molecule has 0 amide bonds. The minimum Gasteiger partial charge on any atom is -0.460 e. The molecule has 2 atom stereocenters. The van der Waals surface area contributed by atoms with Gasteiger partial charge < -0.3 is 4.74 Å². The van der Waals surface area contributed by atoms with Crippen molar-refractivity contribution in [2.45, 2.75) is 61.0 Å². The molecule has 0 aromatic heterocycles. The molecule has 39 heavy (non-hydrogen) atoms. The lowest BCUT2D eigenvalue weighted by atomic mass is 9.43. The highest BCUT2D eigenvalue weighted by Crippen LogP contribution is 2.65. The van der Waals surface area contributed by atoms with Crippen LogP contribution in [0.25, 0.3) is 6.08 Å². The average Bonchev–Trinajstić information content (AvgIpc) is 2.86. The molecular weight excluding hydrogens is 548 g/mol. The standard InChI is InChI=1S/C28H31F2NO6S2/c1-3-20-6-10-24(11-7-20)38(33,34)31-39(35,36)28(29,30)25(32)37-18-26-13-21-12-22(14-26)16-27(15-21,17-26)23-8-4-19(2)5-9-23/h3-11,21-22,31H,1,12-18H2,2H3. The summed E-state index contributed by atoms with van der Waals surface area (Å²) in [6.45, 7) is 5.19. The fourth-order valence-corrected chi connectivity index (χ4v) is 10.0. The lowest BCUT2D eigenvalue weighted by molar-refractivity contribution is -0.173. The van der Waals surface area contributed by atoms with Gasteiger partial charge in [0.05, 0.1) is 11.5 Å². The molecule has 0 saturated heterocycles. The molecule has 4 fully saturated rings. The van der Waals surface area contributed by atoms with Crippen molar-refractivity contribution in [3.8, 4) is 0 Å². The summed E-state index contributed by atoms with van der Waals surface area (Å²) in [6.07, 6.45) is 6.55. The molecule has 2 unspecified atom stereocenters. The van der Waals surface area contributed by atoms with Crippen molar-refractivity contribution in [1.29, 1.82) is 0 Å². The Morgan fingerprint density at radius 3 is 2.18 bits per heavy atom. The van der Waals surface area contributed by atoms with Crippen molar-refractivity contribution < 1.29 is 35.1 Å². The Balaban J connectivity index is 1.31. The molecule has 210 valence electrons. The second kappa shape index (κ2) is 9.49. The zero-order valence-corrected chi connectivity index (χ0v) is 23.2. The van der Waals surface area contributed by atoms with Crippen LogP contribution in [0.15, 0.2) is 60.0 Å². The summed E-state index contributed by atoms with van der Waals surface area (Å²) in [5, 5.41) is -5.11. The number of halogens is 2. The Kier molecular flexibility index (Phi) is 6.79. The van der Waals surface area contributed by atoms with Gasteiger partial charge in [-0.15, -0.1) is 0 Å². The van der Waals surface area contributed by atoms with Crippen LogP contribution >= 0.6 is 0 Å². The van der Waals surface area contributed by atoms with Crippen molar-refractivity contribution in [3.63, 3.8) is 0 Å². The molecule has 4 aliphatic carbocycles. The van der Waals surface area contributed by atoms with Crippen LogP contribution in [0.5, 0.6) is 0 Å². The van der Waals surface area contributed by atoms with Crippen molar-refractivity contribution in [1.82, 2.24) is 4.13 Å². The highest BCUT2D eigenvalue weighted by Gasteiger charge is 2.60. The molecule has 4 saturated carbocycles. The number of ether oxygens (including phenoxy) is 1. The molecule has 11 heteroatoms. The van der Waals surface area contributed by atoms with E-state index in [0.29, 0.717) is 23.8 Å². The Hall–Kier alpha value is -2.63. The predicted octanol–water partition coefficient (Wildman–Crippen LogP) is 4.92. The van der Waals surface area contributed by atoms with E-state index in [1.165, 1.54) is 23.8 Å². The molecule has 7 nitrogen and oxygen atoms in total. The van der Waals surface area contributed by atoms with Gasteiger partial charge >= 0.3 is 21.2 Å². The quantitative estimate of drug-likeness (QED) is 0.423. The van der Waals surface area contributed by atoms with Gasteiger partial charge in [-0.2, -0.15) is 8.78 Å². The molecule has 1 N–H and O–H groups in total. The van der Waals surface area contributed by atoms with Crippen LogP contribution in [-0.4, -0.2) is 34.7 Å². The van der Waals surface area contributed by atoms with Gasteiger partial charge in [0.25, 0.3) is 10.0 Å². The summed E-state index contributed by atoms with van der Waals surface area (Å²) < 4.78 is 85.7. The van der Waals surface area contributed by atoms with E-state index in [4.69, 9.17) is 4.74 Å². The van der Waals surface area contributed by atoms with Crippen LogP contribution in [0, 0.1) is 24.2 Å².